The van der Waals surface area contributed by atoms with E-state index in [0.29, 0.717) is 11.5 Å². The summed E-state index contributed by atoms with van der Waals surface area (Å²) in [4.78, 5) is 0. The van der Waals surface area contributed by atoms with E-state index in [9.17, 15) is 0 Å². The Bertz CT molecular complexity index is 191. The van der Waals surface area contributed by atoms with Crippen LogP contribution in [0.3, 0.4) is 0 Å². The molecule has 2 nitrogen and oxygen atoms in total. The zero-order valence-electron chi connectivity index (χ0n) is 9.60. The molecule has 1 aliphatic heterocycles. The van der Waals surface area contributed by atoms with Crippen LogP contribution in [0.1, 0.15) is 46.0 Å². The van der Waals surface area contributed by atoms with Crippen molar-refractivity contribution in [2.75, 3.05) is 13.1 Å². The third kappa shape index (κ3) is 1.96. The lowest BCUT2D eigenvalue weighted by molar-refractivity contribution is 0.163. The minimum atomic E-state index is 0.600. The molecule has 0 aromatic rings. The van der Waals surface area contributed by atoms with Crippen molar-refractivity contribution in [2.45, 2.75) is 58.0 Å². The number of nitrogens with one attached hydrogen (secondary N) is 2. The van der Waals surface area contributed by atoms with Gasteiger partial charge in [0.15, 0.2) is 0 Å². The van der Waals surface area contributed by atoms with Crippen molar-refractivity contribution in [3.8, 4) is 0 Å². The van der Waals surface area contributed by atoms with E-state index in [1.54, 1.807) is 0 Å². The Morgan fingerprint density at radius 1 is 1.36 bits per heavy atom. The Labute approximate surface area is 87.8 Å². The molecule has 2 fully saturated rings. The lowest BCUT2D eigenvalue weighted by Gasteiger charge is -2.39. The molecule has 1 saturated carbocycles. The van der Waals surface area contributed by atoms with E-state index < -0.39 is 0 Å². The summed E-state index contributed by atoms with van der Waals surface area (Å²) < 4.78 is 0. The van der Waals surface area contributed by atoms with Gasteiger partial charge in [0.05, 0.1) is 0 Å². The molecular weight excluding hydrogens is 172 g/mol. The van der Waals surface area contributed by atoms with Crippen molar-refractivity contribution in [3.63, 3.8) is 0 Å². The topological polar surface area (TPSA) is 24.1 Å². The number of rotatable bonds is 3. The third-order valence-corrected chi connectivity index (χ3v) is 4.03. The lowest BCUT2D eigenvalue weighted by atomic mass is 9.70. The molecule has 0 amide bonds. The fourth-order valence-corrected chi connectivity index (χ4v) is 3.13. The molecule has 2 heteroatoms. The zero-order chi connectivity index (χ0) is 10.0. The van der Waals surface area contributed by atoms with Crippen LogP contribution in [-0.4, -0.2) is 25.2 Å². The maximum Gasteiger partial charge on any atom is 0.0136 e. The molecule has 0 bridgehead atoms. The predicted octanol–water partition coefficient (Wildman–Crippen LogP) is 1.91. The Morgan fingerprint density at radius 2 is 2.21 bits per heavy atom. The quantitative estimate of drug-likeness (QED) is 0.720. The van der Waals surface area contributed by atoms with E-state index >= 15 is 0 Å². The zero-order valence-corrected chi connectivity index (χ0v) is 9.60. The number of fused-ring (bicyclic) bond motifs is 1. The van der Waals surface area contributed by atoms with Gasteiger partial charge in [0.2, 0.25) is 0 Å². The Kier molecular flexibility index (Phi) is 3.13. The van der Waals surface area contributed by atoms with Gasteiger partial charge in [-0.05, 0) is 31.2 Å². The summed E-state index contributed by atoms with van der Waals surface area (Å²) in [6, 6.07) is 1.44. The summed E-state index contributed by atoms with van der Waals surface area (Å²) in [6.45, 7) is 6.96. The van der Waals surface area contributed by atoms with Crippen LogP contribution in [0.4, 0.5) is 0 Å². The van der Waals surface area contributed by atoms with Gasteiger partial charge in [0.1, 0.15) is 0 Å². The first kappa shape index (κ1) is 10.4. The van der Waals surface area contributed by atoms with Crippen LogP contribution in [0.25, 0.3) is 0 Å². The van der Waals surface area contributed by atoms with Crippen molar-refractivity contribution < 1.29 is 0 Å². The average molecular weight is 196 g/mol. The van der Waals surface area contributed by atoms with E-state index in [1.165, 1.54) is 45.2 Å². The molecule has 2 atom stereocenters. The summed E-state index contributed by atoms with van der Waals surface area (Å²) >= 11 is 0. The van der Waals surface area contributed by atoms with Crippen LogP contribution in [-0.2, 0) is 0 Å². The van der Waals surface area contributed by atoms with Gasteiger partial charge in [0.25, 0.3) is 0 Å². The molecule has 2 unspecified atom stereocenters. The average Bonchev–Trinajstić information content (AvgIpc) is 2.58. The van der Waals surface area contributed by atoms with Gasteiger partial charge < -0.3 is 10.6 Å². The largest absolute Gasteiger partial charge is 0.314 e. The highest BCUT2D eigenvalue weighted by Crippen LogP contribution is 2.42. The SMILES string of the molecule is CC(C)NCC12CCCCC1NCC2. The van der Waals surface area contributed by atoms with E-state index in [4.69, 9.17) is 0 Å². The molecule has 1 aliphatic carbocycles. The van der Waals surface area contributed by atoms with Crippen LogP contribution in [0.5, 0.6) is 0 Å². The van der Waals surface area contributed by atoms with Gasteiger partial charge in [-0.25, -0.2) is 0 Å². The van der Waals surface area contributed by atoms with E-state index in [2.05, 4.69) is 24.5 Å². The highest BCUT2D eigenvalue weighted by molar-refractivity contribution is 5.00. The summed E-state index contributed by atoms with van der Waals surface area (Å²) in [5, 5.41) is 7.32. The predicted molar refractivity (Wildman–Crippen MR) is 60.4 cm³/mol. The lowest BCUT2D eigenvalue weighted by Crippen LogP contribution is -2.47. The standard InChI is InChI=1S/C12H24N2/c1-10(2)14-9-12-6-4-3-5-11(12)13-8-7-12/h10-11,13-14H,3-9H2,1-2H3. The first-order valence-electron chi connectivity index (χ1n) is 6.20. The molecule has 0 spiro atoms. The van der Waals surface area contributed by atoms with Crippen LogP contribution >= 0.6 is 0 Å². The van der Waals surface area contributed by atoms with Gasteiger partial charge >= 0.3 is 0 Å². The normalized spacial score (nSPS) is 37.5. The Balaban J connectivity index is 1.96. The second kappa shape index (κ2) is 4.19. The minimum Gasteiger partial charge on any atom is -0.314 e. The maximum atomic E-state index is 3.68. The van der Waals surface area contributed by atoms with Crippen molar-refractivity contribution in [1.82, 2.24) is 10.6 Å². The molecule has 82 valence electrons. The molecule has 2 aliphatic rings. The van der Waals surface area contributed by atoms with Gasteiger partial charge in [-0.2, -0.15) is 0 Å². The van der Waals surface area contributed by atoms with Gasteiger partial charge in [-0.3, -0.25) is 0 Å². The molecule has 1 saturated heterocycles. The van der Waals surface area contributed by atoms with Crippen molar-refractivity contribution in [1.29, 1.82) is 0 Å². The van der Waals surface area contributed by atoms with E-state index in [0.717, 1.165) is 6.04 Å². The van der Waals surface area contributed by atoms with Gasteiger partial charge in [-0.1, -0.05) is 26.7 Å². The van der Waals surface area contributed by atoms with E-state index in [-0.39, 0.29) is 0 Å². The van der Waals surface area contributed by atoms with Crippen molar-refractivity contribution in [3.05, 3.63) is 0 Å². The second-order valence-corrected chi connectivity index (χ2v) is 5.40. The van der Waals surface area contributed by atoms with E-state index in [1.807, 2.05) is 0 Å². The Hall–Kier alpha value is -0.0800. The fourth-order valence-electron chi connectivity index (χ4n) is 3.13. The highest BCUT2D eigenvalue weighted by atomic mass is 15.0. The van der Waals surface area contributed by atoms with Crippen molar-refractivity contribution >= 4 is 0 Å². The summed E-state index contributed by atoms with van der Waals surface area (Å²) in [6.07, 6.45) is 7.10. The smallest absolute Gasteiger partial charge is 0.0136 e. The molecule has 0 radical (unpaired) electrons. The van der Waals surface area contributed by atoms with Crippen LogP contribution in [0.2, 0.25) is 0 Å². The summed E-state index contributed by atoms with van der Waals surface area (Å²) in [5.74, 6) is 0. The molecule has 2 N–H and O–H groups in total. The molecule has 1 heterocycles. The van der Waals surface area contributed by atoms with Crippen LogP contribution in [0, 0.1) is 5.41 Å². The molecule has 0 aromatic heterocycles. The first-order chi connectivity index (χ1) is 6.73. The highest BCUT2D eigenvalue weighted by Gasteiger charge is 2.43. The minimum absolute atomic E-state index is 0.600. The Morgan fingerprint density at radius 3 is 3.00 bits per heavy atom. The third-order valence-electron chi connectivity index (χ3n) is 4.03. The van der Waals surface area contributed by atoms with Gasteiger partial charge in [-0.15, -0.1) is 0 Å². The maximum absolute atomic E-state index is 3.68. The molecule has 0 aromatic carbocycles. The van der Waals surface area contributed by atoms with Crippen LogP contribution < -0.4 is 10.6 Å². The summed E-state index contributed by atoms with van der Waals surface area (Å²) in [7, 11) is 0. The monoisotopic (exact) mass is 196 g/mol. The number of hydrogen-bond acceptors (Lipinski definition) is 2. The molecular formula is C12H24N2. The summed E-state index contributed by atoms with van der Waals surface area (Å²) in [5.41, 5.74) is 0.600. The second-order valence-electron chi connectivity index (χ2n) is 5.40. The molecule has 2 rings (SSSR count). The van der Waals surface area contributed by atoms with Gasteiger partial charge in [0, 0.05) is 18.6 Å². The van der Waals surface area contributed by atoms with Crippen LogP contribution in [0.15, 0.2) is 0 Å². The number of hydrogen-bond donors (Lipinski definition) is 2. The molecule has 14 heavy (non-hydrogen) atoms. The first-order valence-corrected chi connectivity index (χ1v) is 6.20. The van der Waals surface area contributed by atoms with Crippen molar-refractivity contribution in [2.24, 2.45) is 5.41 Å². The fraction of sp³-hybridized carbons (Fsp3) is 1.00.